The van der Waals surface area contributed by atoms with Gasteiger partial charge in [-0.2, -0.15) is 0 Å². The van der Waals surface area contributed by atoms with Gasteiger partial charge in [-0.3, -0.25) is 9.20 Å². The number of fused-ring (bicyclic) bond motifs is 1. The highest BCUT2D eigenvalue weighted by atomic mass is 16.2. The lowest BCUT2D eigenvalue weighted by Crippen LogP contribution is -2.39. The fourth-order valence-corrected chi connectivity index (χ4v) is 3.22. The summed E-state index contributed by atoms with van der Waals surface area (Å²) in [7, 11) is 0. The molecule has 1 aliphatic rings. The number of amides is 1. The quantitative estimate of drug-likeness (QED) is 0.609. The second kappa shape index (κ2) is 8.10. The predicted molar refractivity (Wildman–Crippen MR) is 92.0 cm³/mol. The molecule has 3 rings (SSSR count). The summed E-state index contributed by atoms with van der Waals surface area (Å²) in [4.78, 5) is 24.1. The van der Waals surface area contributed by atoms with E-state index in [1.165, 1.54) is 47.6 Å². The van der Waals surface area contributed by atoms with Crippen LogP contribution < -0.4 is 16.3 Å². The highest BCUT2D eigenvalue weighted by molar-refractivity contribution is 5.75. The molecular formula is C17H25N5O2. The molecule has 1 fully saturated rings. The van der Waals surface area contributed by atoms with Gasteiger partial charge in [0.25, 0.3) is 0 Å². The van der Waals surface area contributed by atoms with Gasteiger partial charge in [-0.25, -0.2) is 9.48 Å². The van der Waals surface area contributed by atoms with Gasteiger partial charge in [-0.05, 0) is 25.0 Å². The van der Waals surface area contributed by atoms with Gasteiger partial charge >= 0.3 is 5.69 Å². The van der Waals surface area contributed by atoms with E-state index in [1.54, 1.807) is 18.3 Å². The van der Waals surface area contributed by atoms with E-state index in [2.05, 4.69) is 15.7 Å². The average Bonchev–Trinajstić information content (AvgIpc) is 2.77. The standard InChI is InChI=1S/C17H25N5O2/c23-16(19-11-10-18-14-7-3-1-2-4-8-14)13-22-17(24)21-12-6-5-9-15(21)20-22/h5-6,9,12,14,18H,1-4,7-8,10-11,13H2,(H,19,23). The number of aromatic nitrogens is 3. The number of hydrogen-bond donors (Lipinski definition) is 2. The van der Waals surface area contributed by atoms with Crippen LogP contribution in [-0.4, -0.2) is 39.2 Å². The summed E-state index contributed by atoms with van der Waals surface area (Å²) in [6, 6.07) is 5.89. The van der Waals surface area contributed by atoms with Crippen LogP contribution >= 0.6 is 0 Å². The third-order valence-corrected chi connectivity index (χ3v) is 4.52. The van der Waals surface area contributed by atoms with Crippen LogP contribution in [0, 0.1) is 0 Å². The Labute approximate surface area is 141 Å². The molecule has 1 amide bonds. The Morgan fingerprint density at radius 2 is 1.96 bits per heavy atom. The average molecular weight is 331 g/mol. The van der Waals surface area contributed by atoms with Gasteiger partial charge in [0, 0.05) is 25.3 Å². The monoisotopic (exact) mass is 331 g/mol. The topological polar surface area (TPSA) is 80.4 Å². The molecule has 0 unspecified atom stereocenters. The SMILES string of the molecule is O=C(Cn1nc2ccccn2c1=O)NCCNC1CCCCCC1. The molecule has 0 spiro atoms. The van der Waals surface area contributed by atoms with Gasteiger partial charge in [0.15, 0.2) is 5.65 Å². The summed E-state index contributed by atoms with van der Waals surface area (Å²) in [5.74, 6) is -0.192. The first-order chi connectivity index (χ1) is 11.7. The summed E-state index contributed by atoms with van der Waals surface area (Å²) in [6.07, 6.45) is 9.36. The lowest BCUT2D eigenvalue weighted by Gasteiger charge is -2.16. The minimum Gasteiger partial charge on any atom is -0.353 e. The molecule has 0 aliphatic heterocycles. The van der Waals surface area contributed by atoms with Gasteiger partial charge in [0.05, 0.1) is 0 Å². The largest absolute Gasteiger partial charge is 0.353 e. The molecule has 2 aromatic rings. The maximum atomic E-state index is 12.1. The zero-order valence-corrected chi connectivity index (χ0v) is 13.9. The third-order valence-electron chi connectivity index (χ3n) is 4.52. The van der Waals surface area contributed by atoms with Gasteiger partial charge in [0.1, 0.15) is 6.54 Å². The molecule has 2 aromatic heterocycles. The van der Waals surface area contributed by atoms with Crippen LogP contribution in [0.1, 0.15) is 38.5 Å². The first-order valence-corrected chi connectivity index (χ1v) is 8.78. The number of carbonyl (C=O) groups is 1. The number of hydrogen-bond acceptors (Lipinski definition) is 4. The number of carbonyl (C=O) groups excluding carboxylic acids is 1. The van der Waals surface area contributed by atoms with Crippen molar-refractivity contribution >= 4 is 11.6 Å². The number of nitrogens with one attached hydrogen (secondary N) is 2. The van der Waals surface area contributed by atoms with E-state index in [0.29, 0.717) is 18.2 Å². The van der Waals surface area contributed by atoms with Crippen LogP contribution in [0.15, 0.2) is 29.2 Å². The van der Waals surface area contributed by atoms with E-state index < -0.39 is 0 Å². The second-order valence-corrected chi connectivity index (χ2v) is 6.36. The van der Waals surface area contributed by atoms with E-state index in [9.17, 15) is 9.59 Å². The van der Waals surface area contributed by atoms with Crippen molar-refractivity contribution in [1.29, 1.82) is 0 Å². The van der Waals surface area contributed by atoms with E-state index >= 15 is 0 Å². The minimum atomic E-state index is -0.294. The highest BCUT2D eigenvalue weighted by Gasteiger charge is 2.12. The Hall–Kier alpha value is -2.15. The minimum absolute atomic E-state index is 0.0516. The van der Waals surface area contributed by atoms with Crippen molar-refractivity contribution in [1.82, 2.24) is 24.8 Å². The maximum absolute atomic E-state index is 12.1. The van der Waals surface area contributed by atoms with Crippen molar-refractivity contribution in [3.8, 4) is 0 Å². The predicted octanol–water partition coefficient (Wildman–Crippen LogP) is 0.925. The Bertz CT molecular complexity index is 728. The van der Waals surface area contributed by atoms with Crippen molar-refractivity contribution in [2.24, 2.45) is 0 Å². The molecule has 2 N–H and O–H groups in total. The Morgan fingerprint density at radius 3 is 2.71 bits per heavy atom. The molecule has 0 saturated heterocycles. The van der Waals surface area contributed by atoms with Crippen LogP contribution in [0.25, 0.3) is 5.65 Å². The summed E-state index contributed by atoms with van der Waals surface area (Å²) in [6.45, 7) is 1.28. The second-order valence-electron chi connectivity index (χ2n) is 6.36. The normalized spacial score (nSPS) is 16.2. The Morgan fingerprint density at radius 1 is 1.17 bits per heavy atom. The molecule has 0 atom stereocenters. The molecule has 0 radical (unpaired) electrons. The molecule has 1 aliphatic carbocycles. The molecule has 2 heterocycles. The van der Waals surface area contributed by atoms with Crippen molar-refractivity contribution in [3.05, 3.63) is 34.9 Å². The lowest BCUT2D eigenvalue weighted by molar-refractivity contribution is -0.121. The van der Waals surface area contributed by atoms with E-state index in [4.69, 9.17) is 0 Å². The molecule has 7 nitrogen and oxygen atoms in total. The van der Waals surface area contributed by atoms with Crippen LogP contribution in [0.4, 0.5) is 0 Å². The molecule has 1 saturated carbocycles. The summed E-state index contributed by atoms with van der Waals surface area (Å²) in [5.41, 5.74) is 0.252. The summed E-state index contributed by atoms with van der Waals surface area (Å²) < 4.78 is 2.63. The fraction of sp³-hybridized carbons (Fsp3) is 0.588. The van der Waals surface area contributed by atoms with E-state index in [1.807, 2.05) is 6.07 Å². The van der Waals surface area contributed by atoms with Crippen molar-refractivity contribution in [2.75, 3.05) is 13.1 Å². The molecule has 0 aromatic carbocycles. The fourth-order valence-electron chi connectivity index (χ4n) is 3.22. The van der Waals surface area contributed by atoms with Gasteiger partial charge in [0.2, 0.25) is 5.91 Å². The Kier molecular flexibility index (Phi) is 5.63. The summed E-state index contributed by atoms with van der Waals surface area (Å²) >= 11 is 0. The zero-order valence-electron chi connectivity index (χ0n) is 13.9. The molecular weight excluding hydrogens is 306 g/mol. The lowest BCUT2D eigenvalue weighted by atomic mass is 10.1. The molecule has 24 heavy (non-hydrogen) atoms. The molecule has 130 valence electrons. The van der Waals surface area contributed by atoms with Crippen LogP contribution in [0.2, 0.25) is 0 Å². The van der Waals surface area contributed by atoms with Crippen LogP contribution in [0.3, 0.4) is 0 Å². The first kappa shape index (κ1) is 16.7. The van der Waals surface area contributed by atoms with Crippen molar-refractivity contribution in [2.45, 2.75) is 51.1 Å². The Balaban J connectivity index is 1.43. The van der Waals surface area contributed by atoms with Gasteiger partial charge in [-0.15, -0.1) is 5.10 Å². The molecule has 0 bridgehead atoms. The van der Waals surface area contributed by atoms with Crippen molar-refractivity contribution < 1.29 is 4.79 Å². The first-order valence-electron chi connectivity index (χ1n) is 8.78. The maximum Gasteiger partial charge on any atom is 0.350 e. The van der Waals surface area contributed by atoms with Crippen molar-refractivity contribution in [3.63, 3.8) is 0 Å². The number of rotatable bonds is 6. The van der Waals surface area contributed by atoms with E-state index in [-0.39, 0.29) is 18.1 Å². The molecule has 7 heteroatoms. The summed E-state index contributed by atoms with van der Waals surface area (Å²) in [5, 5.41) is 10.5. The zero-order chi connectivity index (χ0) is 16.8. The highest BCUT2D eigenvalue weighted by Crippen LogP contribution is 2.16. The van der Waals surface area contributed by atoms with Crippen LogP contribution in [-0.2, 0) is 11.3 Å². The number of nitrogens with zero attached hydrogens (tertiary/aromatic N) is 3. The third kappa shape index (κ3) is 4.23. The van der Waals surface area contributed by atoms with Gasteiger partial charge in [-0.1, -0.05) is 31.7 Å². The number of pyridine rings is 1. The van der Waals surface area contributed by atoms with E-state index in [0.717, 1.165) is 6.54 Å². The smallest absolute Gasteiger partial charge is 0.350 e. The van der Waals surface area contributed by atoms with Gasteiger partial charge < -0.3 is 10.6 Å². The van der Waals surface area contributed by atoms with Crippen LogP contribution in [0.5, 0.6) is 0 Å².